The fourth-order valence-electron chi connectivity index (χ4n) is 2.21. The SMILES string of the molecule is Oc1ccc(-c2noc(-c3cc4ccoc4cc3F)n2)cc1. The zero-order valence-corrected chi connectivity index (χ0v) is 11.2. The Balaban J connectivity index is 1.79. The van der Waals surface area contributed by atoms with E-state index in [0.29, 0.717) is 17.0 Å². The molecule has 0 saturated carbocycles. The van der Waals surface area contributed by atoms with Gasteiger partial charge in [0.15, 0.2) is 0 Å². The maximum absolute atomic E-state index is 14.1. The monoisotopic (exact) mass is 296 g/mol. The van der Waals surface area contributed by atoms with Gasteiger partial charge in [-0.15, -0.1) is 0 Å². The number of hydrogen-bond acceptors (Lipinski definition) is 5. The molecule has 22 heavy (non-hydrogen) atoms. The van der Waals surface area contributed by atoms with Crippen molar-refractivity contribution in [3.63, 3.8) is 0 Å². The fourth-order valence-corrected chi connectivity index (χ4v) is 2.21. The molecule has 2 aromatic carbocycles. The highest BCUT2D eigenvalue weighted by atomic mass is 19.1. The van der Waals surface area contributed by atoms with Crippen LogP contribution in [0.2, 0.25) is 0 Å². The van der Waals surface area contributed by atoms with Gasteiger partial charge < -0.3 is 14.0 Å². The Morgan fingerprint density at radius 2 is 1.86 bits per heavy atom. The third-order valence-electron chi connectivity index (χ3n) is 3.32. The van der Waals surface area contributed by atoms with Crippen molar-refractivity contribution in [2.45, 2.75) is 0 Å². The van der Waals surface area contributed by atoms with Crippen LogP contribution in [0, 0.1) is 5.82 Å². The molecule has 4 rings (SSSR count). The first-order chi connectivity index (χ1) is 10.7. The highest BCUT2D eigenvalue weighted by molar-refractivity contribution is 5.82. The molecule has 0 atom stereocenters. The molecule has 0 spiro atoms. The molecule has 5 nitrogen and oxygen atoms in total. The molecule has 2 aromatic heterocycles. The molecule has 0 aliphatic heterocycles. The summed E-state index contributed by atoms with van der Waals surface area (Å²) in [6.45, 7) is 0. The van der Waals surface area contributed by atoms with Crippen molar-refractivity contribution in [3.05, 3.63) is 54.5 Å². The van der Waals surface area contributed by atoms with Crippen LogP contribution in [0.3, 0.4) is 0 Å². The molecular formula is C16H9FN2O3. The van der Waals surface area contributed by atoms with Crippen LogP contribution in [-0.4, -0.2) is 15.2 Å². The topological polar surface area (TPSA) is 72.3 Å². The van der Waals surface area contributed by atoms with E-state index in [2.05, 4.69) is 10.1 Å². The lowest BCUT2D eigenvalue weighted by molar-refractivity contribution is 0.429. The van der Waals surface area contributed by atoms with E-state index < -0.39 is 5.82 Å². The highest BCUT2D eigenvalue weighted by Gasteiger charge is 2.16. The minimum atomic E-state index is -0.497. The maximum atomic E-state index is 14.1. The van der Waals surface area contributed by atoms with Crippen LogP contribution in [0.1, 0.15) is 0 Å². The van der Waals surface area contributed by atoms with Crippen LogP contribution < -0.4 is 0 Å². The van der Waals surface area contributed by atoms with Crippen molar-refractivity contribution >= 4 is 11.0 Å². The number of phenolic OH excluding ortho intramolecular Hbond substituents is 1. The Hall–Kier alpha value is -3.15. The van der Waals surface area contributed by atoms with Crippen molar-refractivity contribution in [2.75, 3.05) is 0 Å². The number of aromatic nitrogens is 2. The largest absolute Gasteiger partial charge is 0.508 e. The normalized spacial score (nSPS) is 11.1. The van der Waals surface area contributed by atoms with E-state index in [1.807, 2.05) is 0 Å². The van der Waals surface area contributed by atoms with Gasteiger partial charge in [0.2, 0.25) is 5.82 Å². The van der Waals surface area contributed by atoms with Gasteiger partial charge in [-0.05, 0) is 36.4 Å². The molecule has 0 saturated heterocycles. The van der Waals surface area contributed by atoms with Crippen LogP contribution in [0.5, 0.6) is 5.75 Å². The first kappa shape index (κ1) is 12.6. The first-order valence-corrected chi connectivity index (χ1v) is 6.51. The fraction of sp³-hybridized carbons (Fsp3) is 0. The second-order valence-electron chi connectivity index (χ2n) is 4.76. The number of aromatic hydroxyl groups is 1. The summed E-state index contributed by atoms with van der Waals surface area (Å²) in [6, 6.07) is 11.0. The molecule has 0 unspecified atom stereocenters. The maximum Gasteiger partial charge on any atom is 0.261 e. The van der Waals surface area contributed by atoms with Crippen molar-refractivity contribution in [2.24, 2.45) is 0 Å². The molecular weight excluding hydrogens is 287 g/mol. The summed E-state index contributed by atoms with van der Waals surface area (Å²) >= 11 is 0. The van der Waals surface area contributed by atoms with Crippen molar-refractivity contribution in [3.8, 4) is 28.6 Å². The molecule has 0 fully saturated rings. The predicted octanol–water partition coefficient (Wildman–Crippen LogP) is 3.99. The molecule has 108 valence electrons. The number of fused-ring (bicyclic) bond motifs is 1. The van der Waals surface area contributed by atoms with E-state index in [-0.39, 0.29) is 17.2 Å². The van der Waals surface area contributed by atoms with E-state index in [0.717, 1.165) is 5.39 Å². The van der Waals surface area contributed by atoms with Crippen LogP contribution in [-0.2, 0) is 0 Å². The van der Waals surface area contributed by atoms with Gasteiger partial charge in [0.25, 0.3) is 5.89 Å². The van der Waals surface area contributed by atoms with Crippen LogP contribution in [0.25, 0.3) is 33.8 Å². The first-order valence-electron chi connectivity index (χ1n) is 6.51. The van der Waals surface area contributed by atoms with Gasteiger partial charge in [0, 0.05) is 17.0 Å². The summed E-state index contributed by atoms with van der Waals surface area (Å²) in [6.07, 6.45) is 1.49. The standard InChI is InChI=1S/C16H9FN2O3/c17-13-8-14-10(5-6-21-14)7-12(13)16-18-15(19-22-16)9-1-3-11(20)4-2-9/h1-8,20H. The van der Waals surface area contributed by atoms with E-state index in [9.17, 15) is 9.50 Å². The van der Waals surface area contributed by atoms with E-state index >= 15 is 0 Å². The Morgan fingerprint density at radius 1 is 1.05 bits per heavy atom. The molecule has 0 radical (unpaired) electrons. The summed E-state index contributed by atoms with van der Waals surface area (Å²) in [5.41, 5.74) is 1.34. The number of furan rings is 1. The minimum absolute atomic E-state index is 0.0867. The second kappa shape index (κ2) is 4.70. The lowest BCUT2D eigenvalue weighted by Gasteiger charge is -1.97. The van der Waals surface area contributed by atoms with Crippen molar-refractivity contribution in [1.82, 2.24) is 10.1 Å². The molecule has 0 aliphatic carbocycles. The lowest BCUT2D eigenvalue weighted by atomic mass is 10.1. The Bertz CT molecular complexity index is 957. The van der Waals surface area contributed by atoms with E-state index in [4.69, 9.17) is 8.94 Å². The van der Waals surface area contributed by atoms with Crippen LogP contribution in [0.15, 0.2) is 57.7 Å². The quantitative estimate of drug-likeness (QED) is 0.605. The molecule has 0 bridgehead atoms. The van der Waals surface area contributed by atoms with Gasteiger partial charge in [0.05, 0.1) is 11.8 Å². The average Bonchev–Trinajstić information content (AvgIpc) is 3.15. The second-order valence-corrected chi connectivity index (χ2v) is 4.76. The number of phenols is 1. The number of nitrogens with zero attached hydrogens (tertiary/aromatic N) is 2. The lowest BCUT2D eigenvalue weighted by Crippen LogP contribution is -1.85. The highest BCUT2D eigenvalue weighted by Crippen LogP contribution is 2.29. The third kappa shape index (κ3) is 2.01. The molecule has 0 aliphatic rings. The van der Waals surface area contributed by atoms with Crippen molar-refractivity contribution < 1.29 is 18.4 Å². The van der Waals surface area contributed by atoms with E-state index in [1.165, 1.54) is 24.5 Å². The van der Waals surface area contributed by atoms with Gasteiger partial charge in [-0.2, -0.15) is 4.98 Å². The summed E-state index contributed by atoms with van der Waals surface area (Å²) in [5, 5.41) is 13.9. The van der Waals surface area contributed by atoms with Gasteiger partial charge in [-0.25, -0.2) is 4.39 Å². The molecule has 1 N–H and O–H groups in total. The zero-order valence-electron chi connectivity index (χ0n) is 11.2. The van der Waals surface area contributed by atoms with Gasteiger partial charge in [0.1, 0.15) is 17.1 Å². The van der Waals surface area contributed by atoms with Crippen molar-refractivity contribution in [1.29, 1.82) is 0 Å². The van der Waals surface area contributed by atoms with Crippen LogP contribution in [0.4, 0.5) is 4.39 Å². The number of benzene rings is 2. The molecule has 0 amide bonds. The minimum Gasteiger partial charge on any atom is -0.508 e. The summed E-state index contributed by atoms with van der Waals surface area (Å²) in [5.74, 6) is 0.0534. The number of rotatable bonds is 2. The Kier molecular flexibility index (Phi) is 2.69. The summed E-state index contributed by atoms with van der Waals surface area (Å²) < 4.78 is 24.4. The zero-order chi connectivity index (χ0) is 15.1. The van der Waals surface area contributed by atoms with Crippen LogP contribution >= 0.6 is 0 Å². The van der Waals surface area contributed by atoms with Gasteiger partial charge in [-0.3, -0.25) is 0 Å². The number of halogens is 1. The summed E-state index contributed by atoms with van der Waals surface area (Å²) in [7, 11) is 0. The number of hydrogen-bond donors (Lipinski definition) is 1. The van der Waals surface area contributed by atoms with Gasteiger partial charge >= 0.3 is 0 Å². The predicted molar refractivity (Wildman–Crippen MR) is 76.6 cm³/mol. The van der Waals surface area contributed by atoms with Gasteiger partial charge in [-0.1, -0.05) is 5.16 Å². The third-order valence-corrected chi connectivity index (χ3v) is 3.32. The Morgan fingerprint density at radius 3 is 2.68 bits per heavy atom. The van der Waals surface area contributed by atoms with E-state index in [1.54, 1.807) is 24.3 Å². The molecule has 6 heteroatoms. The average molecular weight is 296 g/mol. The Labute approximate surface area is 123 Å². The smallest absolute Gasteiger partial charge is 0.261 e. The molecule has 4 aromatic rings. The summed E-state index contributed by atoms with van der Waals surface area (Å²) in [4.78, 5) is 4.20. The molecule has 2 heterocycles.